The van der Waals surface area contributed by atoms with E-state index in [1.807, 2.05) is 6.07 Å². The monoisotopic (exact) mass is 266 g/mol. The summed E-state index contributed by atoms with van der Waals surface area (Å²) in [6.07, 6.45) is 3.40. The zero-order valence-corrected chi connectivity index (χ0v) is 11.1. The Morgan fingerprint density at radius 1 is 1.28 bits per heavy atom. The second-order valence-corrected chi connectivity index (χ2v) is 7.69. The standard InChI is InChI=1S/C13H18N2O2S/c14-11-6-9-3-4-12(15-13(9)7-11)10-2-1-5-18(16,17)8-10/h3-4,10-11H,1-2,5-8,14H2. The highest BCUT2D eigenvalue weighted by Gasteiger charge is 2.28. The molecular formula is C13H18N2O2S. The number of pyridine rings is 1. The second kappa shape index (κ2) is 4.31. The van der Waals surface area contributed by atoms with Gasteiger partial charge >= 0.3 is 0 Å². The molecule has 3 rings (SSSR count). The minimum absolute atomic E-state index is 0.0749. The molecule has 1 saturated heterocycles. The Kier molecular flexibility index (Phi) is 2.90. The lowest BCUT2D eigenvalue weighted by atomic mass is 10.00. The zero-order valence-electron chi connectivity index (χ0n) is 10.3. The number of nitrogens with zero attached hydrogens (tertiary/aromatic N) is 1. The molecule has 2 heterocycles. The topological polar surface area (TPSA) is 73.1 Å². The van der Waals surface area contributed by atoms with Gasteiger partial charge in [-0.3, -0.25) is 4.98 Å². The highest BCUT2D eigenvalue weighted by atomic mass is 32.2. The Labute approximate surface area is 108 Å². The van der Waals surface area contributed by atoms with Crippen LogP contribution < -0.4 is 5.73 Å². The molecule has 18 heavy (non-hydrogen) atoms. The maximum atomic E-state index is 11.7. The lowest BCUT2D eigenvalue weighted by molar-refractivity contribution is 0.549. The molecule has 2 N–H and O–H groups in total. The molecule has 2 unspecified atom stereocenters. The second-order valence-electron chi connectivity index (χ2n) is 5.46. The average Bonchev–Trinajstić information content (AvgIpc) is 2.66. The molecule has 1 aromatic rings. The van der Waals surface area contributed by atoms with Crippen LogP contribution in [0.2, 0.25) is 0 Å². The summed E-state index contributed by atoms with van der Waals surface area (Å²) >= 11 is 0. The lowest BCUT2D eigenvalue weighted by Gasteiger charge is -2.21. The fraction of sp³-hybridized carbons (Fsp3) is 0.615. The van der Waals surface area contributed by atoms with Crippen molar-refractivity contribution < 1.29 is 8.42 Å². The van der Waals surface area contributed by atoms with Crippen molar-refractivity contribution in [2.45, 2.75) is 37.6 Å². The number of fused-ring (bicyclic) bond motifs is 1. The van der Waals surface area contributed by atoms with E-state index >= 15 is 0 Å². The molecule has 2 aliphatic rings. The van der Waals surface area contributed by atoms with Crippen molar-refractivity contribution in [1.82, 2.24) is 4.98 Å². The molecule has 0 amide bonds. The zero-order chi connectivity index (χ0) is 12.8. The SMILES string of the molecule is NC1Cc2ccc(C3CCCS(=O)(=O)C3)nc2C1. The predicted octanol–water partition coefficient (Wildman–Crippen LogP) is 0.800. The van der Waals surface area contributed by atoms with E-state index in [0.29, 0.717) is 5.75 Å². The molecule has 2 atom stereocenters. The van der Waals surface area contributed by atoms with Gasteiger partial charge in [0.1, 0.15) is 0 Å². The van der Waals surface area contributed by atoms with Crippen LogP contribution >= 0.6 is 0 Å². The van der Waals surface area contributed by atoms with Crippen LogP contribution in [-0.2, 0) is 22.7 Å². The van der Waals surface area contributed by atoms with Gasteiger partial charge in [0.2, 0.25) is 0 Å². The Morgan fingerprint density at radius 3 is 2.89 bits per heavy atom. The van der Waals surface area contributed by atoms with Crippen LogP contribution in [0.1, 0.15) is 35.7 Å². The summed E-state index contributed by atoms with van der Waals surface area (Å²) < 4.78 is 23.3. The van der Waals surface area contributed by atoms with Crippen molar-refractivity contribution in [3.63, 3.8) is 0 Å². The highest BCUT2D eigenvalue weighted by molar-refractivity contribution is 7.91. The van der Waals surface area contributed by atoms with Crippen molar-refractivity contribution in [3.8, 4) is 0 Å². The molecule has 1 fully saturated rings. The van der Waals surface area contributed by atoms with E-state index in [1.54, 1.807) is 0 Å². The molecular weight excluding hydrogens is 248 g/mol. The van der Waals surface area contributed by atoms with Gasteiger partial charge in [0.15, 0.2) is 9.84 Å². The minimum atomic E-state index is -2.87. The van der Waals surface area contributed by atoms with Gasteiger partial charge in [-0.1, -0.05) is 6.07 Å². The van der Waals surface area contributed by atoms with Gasteiger partial charge < -0.3 is 5.73 Å². The summed E-state index contributed by atoms with van der Waals surface area (Å²) in [5, 5.41) is 0. The number of nitrogens with two attached hydrogens (primary N) is 1. The molecule has 0 aromatic carbocycles. The number of hydrogen-bond acceptors (Lipinski definition) is 4. The molecule has 98 valence electrons. The third-order valence-electron chi connectivity index (χ3n) is 3.91. The Balaban J connectivity index is 1.87. The molecule has 4 nitrogen and oxygen atoms in total. The van der Waals surface area contributed by atoms with E-state index in [-0.39, 0.29) is 17.7 Å². The first kappa shape index (κ1) is 12.1. The van der Waals surface area contributed by atoms with Crippen LogP contribution in [0, 0.1) is 0 Å². The summed E-state index contributed by atoms with van der Waals surface area (Å²) in [6.45, 7) is 0. The Morgan fingerprint density at radius 2 is 2.11 bits per heavy atom. The first-order valence-corrected chi connectivity index (χ1v) is 8.30. The van der Waals surface area contributed by atoms with E-state index in [2.05, 4.69) is 11.1 Å². The van der Waals surface area contributed by atoms with Crippen molar-refractivity contribution in [2.75, 3.05) is 11.5 Å². The van der Waals surface area contributed by atoms with Gasteiger partial charge in [0.25, 0.3) is 0 Å². The normalized spacial score (nSPS) is 30.1. The fourth-order valence-electron chi connectivity index (χ4n) is 3.00. The molecule has 1 aromatic heterocycles. The van der Waals surface area contributed by atoms with Gasteiger partial charge in [0.05, 0.1) is 11.5 Å². The van der Waals surface area contributed by atoms with Crippen molar-refractivity contribution in [2.24, 2.45) is 5.73 Å². The number of sulfone groups is 1. The fourth-order valence-corrected chi connectivity index (χ4v) is 4.72. The summed E-state index contributed by atoms with van der Waals surface area (Å²) in [6, 6.07) is 4.24. The maximum absolute atomic E-state index is 11.7. The quantitative estimate of drug-likeness (QED) is 0.816. The minimum Gasteiger partial charge on any atom is -0.327 e. The van der Waals surface area contributed by atoms with Crippen molar-refractivity contribution in [3.05, 3.63) is 29.1 Å². The molecule has 0 spiro atoms. The molecule has 0 saturated carbocycles. The maximum Gasteiger partial charge on any atom is 0.150 e. The van der Waals surface area contributed by atoms with E-state index in [0.717, 1.165) is 37.1 Å². The van der Waals surface area contributed by atoms with Crippen LogP contribution in [-0.4, -0.2) is 30.9 Å². The molecule has 1 aliphatic heterocycles. The van der Waals surface area contributed by atoms with Gasteiger partial charge in [-0.05, 0) is 30.9 Å². The number of hydrogen-bond donors (Lipinski definition) is 1. The van der Waals surface area contributed by atoms with Crippen molar-refractivity contribution in [1.29, 1.82) is 0 Å². The van der Waals surface area contributed by atoms with Gasteiger partial charge in [-0.25, -0.2) is 8.42 Å². The van der Waals surface area contributed by atoms with Gasteiger partial charge in [0, 0.05) is 29.8 Å². The molecule has 1 aliphatic carbocycles. The largest absolute Gasteiger partial charge is 0.327 e. The highest BCUT2D eigenvalue weighted by Crippen LogP contribution is 2.29. The lowest BCUT2D eigenvalue weighted by Crippen LogP contribution is -2.24. The first-order valence-electron chi connectivity index (χ1n) is 6.48. The summed E-state index contributed by atoms with van der Waals surface area (Å²) in [4.78, 5) is 4.65. The van der Waals surface area contributed by atoms with Crippen LogP contribution in [0.5, 0.6) is 0 Å². The summed E-state index contributed by atoms with van der Waals surface area (Å²) in [7, 11) is -2.87. The Bertz CT molecular complexity index is 568. The smallest absolute Gasteiger partial charge is 0.150 e. The van der Waals surface area contributed by atoms with Crippen LogP contribution in [0.15, 0.2) is 12.1 Å². The van der Waals surface area contributed by atoms with E-state index in [1.165, 1.54) is 5.56 Å². The summed E-state index contributed by atoms with van der Waals surface area (Å²) in [5.74, 6) is 0.662. The van der Waals surface area contributed by atoms with E-state index in [9.17, 15) is 8.42 Å². The van der Waals surface area contributed by atoms with Crippen LogP contribution in [0.3, 0.4) is 0 Å². The first-order chi connectivity index (χ1) is 8.53. The Hall–Kier alpha value is -0.940. The number of rotatable bonds is 1. The molecule has 0 radical (unpaired) electrons. The van der Waals surface area contributed by atoms with Gasteiger partial charge in [-0.15, -0.1) is 0 Å². The number of aromatic nitrogens is 1. The van der Waals surface area contributed by atoms with Crippen LogP contribution in [0.4, 0.5) is 0 Å². The van der Waals surface area contributed by atoms with E-state index < -0.39 is 9.84 Å². The van der Waals surface area contributed by atoms with Crippen LogP contribution in [0.25, 0.3) is 0 Å². The van der Waals surface area contributed by atoms with Gasteiger partial charge in [-0.2, -0.15) is 0 Å². The predicted molar refractivity (Wildman–Crippen MR) is 70.2 cm³/mol. The average molecular weight is 266 g/mol. The molecule has 5 heteroatoms. The molecule has 0 bridgehead atoms. The third kappa shape index (κ3) is 2.29. The van der Waals surface area contributed by atoms with Crippen molar-refractivity contribution >= 4 is 9.84 Å². The van der Waals surface area contributed by atoms with E-state index in [4.69, 9.17) is 5.73 Å². The summed E-state index contributed by atoms with van der Waals surface area (Å²) in [5.41, 5.74) is 9.16. The third-order valence-corrected chi connectivity index (χ3v) is 5.73.